The molecule has 1 aromatic carbocycles. The zero-order valence-electron chi connectivity index (χ0n) is 9.07. The van der Waals surface area contributed by atoms with Crippen molar-refractivity contribution in [3.63, 3.8) is 0 Å². The van der Waals surface area contributed by atoms with E-state index >= 15 is 0 Å². The molecule has 1 saturated carbocycles. The Bertz CT molecular complexity index is 399. The predicted molar refractivity (Wildman–Crippen MR) is 57.9 cm³/mol. The van der Waals surface area contributed by atoms with Crippen molar-refractivity contribution in [2.75, 3.05) is 0 Å². The van der Waals surface area contributed by atoms with Crippen LogP contribution in [0.1, 0.15) is 31.2 Å². The van der Waals surface area contributed by atoms with E-state index in [1.807, 2.05) is 18.2 Å². The molecule has 86 valence electrons. The summed E-state index contributed by atoms with van der Waals surface area (Å²) in [6, 6.07) is 5.81. The summed E-state index contributed by atoms with van der Waals surface area (Å²) in [7, 11) is 0. The lowest BCUT2D eigenvalue weighted by Crippen LogP contribution is -2.34. The maximum Gasteiger partial charge on any atom is 0.251 e. The molecule has 2 N–H and O–H groups in total. The summed E-state index contributed by atoms with van der Waals surface area (Å²) in [5.74, 6) is 6.32. The van der Waals surface area contributed by atoms with Crippen molar-refractivity contribution in [3.8, 4) is 11.5 Å². The Labute approximate surface area is 94.2 Å². The Morgan fingerprint density at radius 3 is 2.69 bits per heavy atom. The first kappa shape index (κ1) is 9.93. The summed E-state index contributed by atoms with van der Waals surface area (Å²) in [5.41, 5.74) is 1.000. The van der Waals surface area contributed by atoms with E-state index in [1.54, 1.807) is 0 Å². The maximum absolute atomic E-state index is 5.92. The monoisotopic (exact) mass is 221 g/mol. The van der Waals surface area contributed by atoms with Gasteiger partial charge in [0.25, 0.3) is 5.79 Å². The molecular formula is C12H15NO3. The van der Waals surface area contributed by atoms with E-state index in [9.17, 15) is 0 Å². The molecule has 0 atom stereocenters. The smallest absolute Gasteiger partial charge is 0.251 e. The molecule has 1 aliphatic heterocycles. The predicted octanol–water partition coefficient (Wildman–Crippen LogP) is 2.12. The quantitative estimate of drug-likeness (QED) is 0.777. The molecule has 0 bridgehead atoms. The van der Waals surface area contributed by atoms with E-state index < -0.39 is 0 Å². The van der Waals surface area contributed by atoms with Gasteiger partial charge in [-0.3, -0.25) is 4.84 Å². The number of fused-ring (bicyclic) bond motifs is 1. The van der Waals surface area contributed by atoms with Crippen molar-refractivity contribution in [3.05, 3.63) is 23.8 Å². The molecule has 1 aromatic rings. The van der Waals surface area contributed by atoms with Crippen LogP contribution in [0.3, 0.4) is 0 Å². The third kappa shape index (κ3) is 1.54. The number of rotatable bonds is 2. The zero-order valence-corrected chi connectivity index (χ0v) is 9.07. The Morgan fingerprint density at radius 1 is 1.19 bits per heavy atom. The highest BCUT2D eigenvalue weighted by Crippen LogP contribution is 2.46. The van der Waals surface area contributed by atoms with Gasteiger partial charge < -0.3 is 9.47 Å². The van der Waals surface area contributed by atoms with Crippen LogP contribution in [0.5, 0.6) is 11.5 Å². The van der Waals surface area contributed by atoms with Crippen LogP contribution < -0.4 is 15.4 Å². The molecule has 3 rings (SSSR count). The van der Waals surface area contributed by atoms with Crippen molar-refractivity contribution < 1.29 is 14.3 Å². The average molecular weight is 221 g/mol. The fraction of sp³-hybridized carbons (Fsp3) is 0.500. The molecule has 0 aromatic heterocycles. The van der Waals surface area contributed by atoms with Gasteiger partial charge in [-0.05, 0) is 30.5 Å². The van der Waals surface area contributed by atoms with Crippen LogP contribution in [0.25, 0.3) is 0 Å². The maximum atomic E-state index is 5.92. The van der Waals surface area contributed by atoms with Crippen LogP contribution in [-0.4, -0.2) is 5.79 Å². The van der Waals surface area contributed by atoms with E-state index in [0.29, 0.717) is 6.61 Å². The van der Waals surface area contributed by atoms with E-state index in [0.717, 1.165) is 29.9 Å². The molecule has 1 heterocycles. The number of hydrogen-bond donors (Lipinski definition) is 1. The molecule has 4 nitrogen and oxygen atoms in total. The van der Waals surface area contributed by atoms with Crippen LogP contribution >= 0.6 is 0 Å². The summed E-state index contributed by atoms with van der Waals surface area (Å²) in [6.07, 6.45) is 4.30. The minimum atomic E-state index is -0.384. The largest absolute Gasteiger partial charge is 0.448 e. The first-order chi connectivity index (χ1) is 7.81. The topological polar surface area (TPSA) is 53.7 Å². The molecule has 0 unspecified atom stereocenters. The summed E-state index contributed by atoms with van der Waals surface area (Å²) >= 11 is 0. The third-order valence-electron chi connectivity index (χ3n) is 3.22. The van der Waals surface area contributed by atoms with Crippen molar-refractivity contribution in [1.29, 1.82) is 0 Å². The standard InChI is InChI=1S/C12H15NO3/c13-14-8-9-3-4-10-11(7-9)16-12(15-10)5-1-2-6-12/h3-4,7H,1-2,5-6,8,13H2. The van der Waals surface area contributed by atoms with Gasteiger partial charge in [0.15, 0.2) is 11.5 Å². The van der Waals surface area contributed by atoms with Crippen LogP contribution in [-0.2, 0) is 11.4 Å². The minimum Gasteiger partial charge on any atom is -0.448 e. The van der Waals surface area contributed by atoms with Gasteiger partial charge >= 0.3 is 0 Å². The third-order valence-corrected chi connectivity index (χ3v) is 3.22. The van der Waals surface area contributed by atoms with E-state index in [1.165, 1.54) is 12.8 Å². The lowest BCUT2D eigenvalue weighted by atomic mass is 10.2. The molecule has 1 fully saturated rings. The molecule has 0 amide bonds. The van der Waals surface area contributed by atoms with Gasteiger partial charge in [-0.1, -0.05) is 6.07 Å². The lowest BCUT2D eigenvalue weighted by Gasteiger charge is -2.21. The average Bonchev–Trinajstić information content (AvgIpc) is 2.85. The summed E-state index contributed by atoms with van der Waals surface area (Å²) in [4.78, 5) is 4.61. The van der Waals surface area contributed by atoms with Gasteiger partial charge in [-0.15, -0.1) is 0 Å². The second-order valence-electron chi connectivity index (χ2n) is 4.41. The van der Waals surface area contributed by atoms with E-state index in [2.05, 4.69) is 4.84 Å². The summed E-state index contributed by atoms with van der Waals surface area (Å²) < 4.78 is 11.8. The molecule has 0 saturated heterocycles. The van der Waals surface area contributed by atoms with Gasteiger partial charge in [0.05, 0.1) is 6.61 Å². The second-order valence-corrected chi connectivity index (χ2v) is 4.41. The molecule has 16 heavy (non-hydrogen) atoms. The van der Waals surface area contributed by atoms with E-state index in [-0.39, 0.29) is 5.79 Å². The number of hydrogen-bond acceptors (Lipinski definition) is 4. The fourth-order valence-corrected chi connectivity index (χ4v) is 2.44. The normalized spacial score (nSPS) is 20.6. The van der Waals surface area contributed by atoms with Crippen molar-refractivity contribution >= 4 is 0 Å². The zero-order chi connectivity index (χ0) is 11.0. The van der Waals surface area contributed by atoms with Gasteiger partial charge in [0, 0.05) is 12.8 Å². The van der Waals surface area contributed by atoms with Crippen LogP contribution in [0.15, 0.2) is 18.2 Å². The van der Waals surface area contributed by atoms with E-state index in [4.69, 9.17) is 15.4 Å². The first-order valence-electron chi connectivity index (χ1n) is 5.64. The Balaban J connectivity index is 1.86. The fourth-order valence-electron chi connectivity index (χ4n) is 2.44. The summed E-state index contributed by atoms with van der Waals surface area (Å²) in [5, 5.41) is 0. The molecular weight excluding hydrogens is 206 g/mol. The SMILES string of the molecule is NOCc1ccc2c(c1)OC1(CCCC1)O2. The molecule has 4 heteroatoms. The molecule has 1 aliphatic carbocycles. The Hall–Kier alpha value is -1.26. The minimum absolute atomic E-state index is 0.384. The molecule has 0 radical (unpaired) electrons. The first-order valence-corrected chi connectivity index (χ1v) is 5.64. The molecule has 1 spiro atoms. The summed E-state index contributed by atoms with van der Waals surface area (Å²) in [6.45, 7) is 0.392. The van der Waals surface area contributed by atoms with Crippen LogP contribution in [0.2, 0.25) is 0 Å². The highest BCUT2D eigenvalue weighted by atomic mass is 16.7. The van der Waals surface area contributed by atoms with Crippen molar-refractivity contribution in [2.24, 2.45) is 5.90 Å². The number of ether oxygens (including phenoxy) is 2. The highest BCUT2D eigenvalue weighted by Gasteiger charge is 2.43. The Morgan fingerprint density at radius 2 is 1.94 bits per heavy atom. The number of nitrogens with two attached hydrogens (primary N) is 1. The van der Waals surface area contributed by atoms with Gasteiger partial charge in [-0.25, -0.2) is 5.90 Å². The number of benzene rings is 1. The van der Waals surface area contributed by atoms with Crippen molar-refractivity contribution in [2.45, 2.75) is 38.1 Å². The Kier molecular flexibility index (Phi) is 2.26. The van der Waals surface area contributed by atoms with Crippen LogP contribution in [0, 0.1) is 0 Å². The lowest BCUT2D eigenvalue weighted by molar-refractivity contribution is -0.0716. The van der Waals surface area contributed by atoms with Crippen molar-refractivity contribution in [1.82, 2.24) is 0 Å². The highest BCUT2D eigenvalue weighted by molar-refractivity contribution is 5.46. The second kappa shape index (κ2) is 3.64. The van der Waals surface area contributed by atoms with Gasteiger partial charge in [-0.2, -0.15) is 0 Å². The van der Waals surface area contributed by atoms with Crippen LogP contribution in [0.4, 0.5) is 0 Å². The van der Waals surface area contributed by atoms with Gasteiger partial charge in [0.1, 0.15) is 0 Å². The van der Waals surface area contributed by atoms with Gasteiger partial charge in [0.2, 0.25) is 0 Å². The molecule has 2 aliphatic rings.